The lowest BCUT2D eigenvalue weighted by Gasteiger charge is -2.45. The average Bonchev–Trinajstić information content (AvgIpc) is 2.91. The number of methoxy groups -OCH3 is 1. The lowest BCUT2D eigenvalue weighted by molar-refractivity contribution is -0.313. The molecule has 0 aliphatic carbocycles. The highest BCUT2D eigenvalue weighted by atomic mass is 32.2. The van der Waals surface area contributed by atoms with Gasteiger partial charge in [-0.15, -0.1) is 0 Å². The molecule has 198 valence electrons. The van der Waals surface area contributed by atoms with Gasteiger partial charge in [-0.05, 0) is 16.7 Å². The molecule has 1 aliphatic heterocycles. The van der Waals surface area contributed by atoms with E-state index in [4.69, 9.17) is 23.7 Å². The standard InChI is InChI=1S/C29H34O7S/c1-32-29-28(35-20-24-16-10-5-11-17-24)27(34-19-23-14-8-4-9-15-23)26(25(36-29)21-37(2,30)31)33-18-22-12-6-3-7-13-22/h3-17,25-29H,18-21H2,1-2H3/t25-,26-,27+,28-,29+/m1/s1. The molecular formula is C29H34O7S. The summed E-state index contributed by atoms with van der Waals surface area (Å²) >= 11 is 0. The first kappa shape index (κ1) is 27.4. The summed E-state index contributed by atoms with van der Waals surface area (Å²) in [6.45, 7) is 0.870. The highest BCUT2D eigenvalue weighted by molar-refractivity contribution is 7.90. The van der Waals surface area contributed by atoms with Crippen LogP contribution in [0.2, 0.25) is 0 Å². The van der Waals surface area contributed by atoms with Crippen LogP contribution in [0, 0.1) is 0 Å². The predicted octanol–water partition coefficient (Wildman–Crippen LogP) is 4.16. The summed E-state index contributed by atoms with van der Waals surface area (Å²) in [5.74, 6) is -0.233. The van der Waals surface area contributed by atoms with Crippen LogP contribution in [-0.4, -0.2) is 58.2 Å². The van der Waals surface area contributed by atoms with Crippen molar-refractivity contribution < 1.29 is 32.1 Å². The average molecular weight is 527 g/mol. The Hall–Kier alpha value is -2.59. The number of sulfone groups is 1. The Bertz CT molecular complexity index is 1170. The molecule has 4 rings (SSSR count). The summed E-state index contributed by atoms with van der Waals surface area (Å²) < 4.78 is 55.6. The van der Waals surface area contributed by atoms with E-state index in [9.17, 15) is 8.42 Å². The summed E-state index contributed by atoms with van der Waals surface area (Å²) in [5, 5.41) is 0. The summed E-state index contributed by atoms with van der Waals surface area (Å²) in [6, 6.07) is 29.3. The van der Waals surface area contributed by atoms with Gasteiger partial charge in [0.25, 0.3) is 0 Å². The molecule has 0 amide bonds. The van der Waals surface area contributed by atoms with Crippen LogP contribution in [0.3, 0.4) is 0 Å². The van der Waals surface area contributed by atoms with E-state index >= 15 is 0 Å². The van der Waals surface area contributed by atoms with Crippen molar-refractivity contribution in [1.82, 2.24) is 0 Å². The third-order valence-electron chi connectivity index (χ3n) is 6.15. The Kier molecular flexibility index (Phi) is 9.85. The normalized spacial score (nSPS) is 24.1. The third kappa shape index (κ3) is 8.20. The largest absolute Gasteiger partial charge is 0.368 e. The molecule has 0 spiro atoms. The van der Waals surface area contributed by atoms with Crippen molar-refractivity contribution in [3.8, 4) is 0 Å². The van der Waals surface area contributed by atoms with E-state index in [0.29, 0.717) is 13.2 Å². The lowest BCUT2D eigenvalue weighted by atomic mass is 9.98. The third-order valence-corrected chi connectivity index (χ3v) is 7.08. The van der Waals surface area contributed by atoms with E-state index in [0.717, 1.165) is 16.7 Å². The molecule has 37 heavy (non-hydrogen) atoms. The minimum absolute atomic E-state index is 0.233. The molecule has 3 aromatic rings. The van der Waals surface area contributed by atoms with Crippen LogP contribution in [0.4, 0.5) is 0 Å². The van der Waals surface area contributed by atoms with Crippen LogP contribution in [0.5, 0.6) is 0 Å². The van der Waals surface area contributed by atoms with E-state index in [1.807, 2.05) is 91.0 Å². The van der Waals surface area contributed by atoms with Crippen LogP contribution < -0.4 is 0 Å². The number of hydrogen-bond acceptors (Lipinski definition) is 7. The number of rotatable bonds is 12. The number of hydrogen-bond donors (Lipinski definition) is 0. The van der Waals surface area contributed by atoms with Gasteiger partial charge in [0, 0.05) is 13.4 Å². The molecule has 1 saturated heterocycles. The zero-order valence-electron chi connectivity index (χ0n) is 21.1. The minimum Gasteiger partial charge on any atom is -0.368 e. The molecule has 0 unspecified atom stereocenters. The quantitative estimate of drug-likeness (QED) is 0.351. The lowest BCUT2D eigenvalue weighted by Crippen LogP contribution is -2.61. The van der Waals surface area contributed by atoms with Crippen molar-refractivity contribution in [2.75, 3.05) is 19.1 Å². The van der Waals surface area contributed by atoms with Crippen molar-refractivity contribution in [1.29, 1.82) is 0 Å². The maximum absolute atomic E-state index is 12.3. The van der Waals surface area contributed by atoms with E-state index in [2.05, 4.69) is 0 Å². The van der Waals surface area contributed by atoms with E-state index in [-0.39, 0.29) is 12.4 Å². The van der Waals surface area contributed by atoms with Crippen LogP contribution >= 0.6 is 0 Å². The van der Waals surface area contributed by atoms with Gasteiger partial charge in [0.2, 0.25) is 0 Å². The first-order valence-corrected chi connectivity index (χ1v) is 14.3. The Balaban J connectivity index is 1.63. The topological polar surface area (TPSA) is 80.3 Å². The molecule has 0 bridgehead atoms. The Morgan fingerprint density at radius 3 is 1.46 bits per heavy atom. The molecule has 0 N–H and O–H groups in total. The highest BCUT2D eigenvalue weighted by Gasteiger charge is 2.49. The van der Waals surface area contributed by atoms with Crippen LogP contribution in [0.15, 0.2) is 91.0 Å². The monoisotopic (exact) mass is 526 g/mol. The number of ether oxygens (including phenoxy) is 5. The molecule has 1 heterocycles. The molecule has 5 atom stereocenters. The molecule has 7 nitrogen and oxygen atoms in total. The molecule has 3 aromatic carbocycles. The zero-order chi connectivity index (χ0) is 26.1. The summed E-state index contributed by atoms with van der Waals surface area (Å²) in [7, 11) is -1.88. The van der Waals surface area contributed by atoms with Crippen LogP contribution in [0.1, 0.15) is 16.7 Å². The first-order chi connectivity index (χ1) is 17.9. The summed E-state index contributed by atoms with van der Waals surface area (Å²) in [6.07, 6.45) is -2.49. The Labute approximate surface area is 219 Å². The molecular weight excluding hydrogens is 492 g/mol. The van der Waals surface area contributed by atoms with Gasteiger partial charge in [-0.25, -0.2) is 8.42 Å². The fourth-order valence-electron chi connectivity index (χ4n) is 4.37. The van der Waals surface area contributed by atoms with Gasteiger partial charge in [0.1, 0.15) is 34.3 Å². The van der Waals surface area contributed by atoms with Gasteiger partial charge in [0.15, 0.2) is 6.29 Å². The second-order valence-corrected chi connectivity index (χ2v) is 11.3. The van der Waals surface area contributed by atoms with Crippen LogP contribution in [0.25, 0.3) is 0 Å². The zero-order valence-corrected chi connectivity index (χ0v) is 22.0. The minimum atomic E-state index is -3.39. The molecule has 1 aliphatic rings. The van der Waals surface area contributed by atoms with Gasteiger partial charge >= 0.3 is 0 Å². The fraction of sp³-hybridized carbons (Fsp3) is 0.379. The Morgan fingerprint density at radius 1 is 0.649 bits per heavy atom. The van der Waals surface area contributed by atoms with Gasteiger partial charge < -0.3 is 23.7 Å². The molecule has 8 heteroatoms. The van der Waals surface area contributed by atoms with Gasteiger partial charge in [-0.2, -0.15) is 0 Å². The van der Waals surface area contributed by atoms with Crippen molar-refractivity contribution in [2.45, 2.75) is 50.5 Å². The Morgan fingerprint density at radius 2 is 1.05 bits per heavy atom. The molecule has 0 saturated carbocycles. The molecule has 0 aromatic heterocycles. The van der Waals surface area contributed by atoms with Crippen molar-refractivity contribution >= 4 is 9.84 Å². The fourth-order valence-corrected chi connectivity index (χ4v) is 5.23. The summed E-state index contributed by atoms with van der Waals surface area (Å²) in [4.78, 5) is 0. The molecule has 0 radical (unpaired) electrons. The van der Waals surface area contributed by atoms with Crippen molar-refractivity contribution in [3.63, 3.8) is 0 Å². The maximum Gasteiger partial charge on any atom is 0.186 e. The molecule has 1 fully saturated rings. The smallest absolute Gasteiger partial charge is 0.186 e. The van der Waals surface area contributed by atoms with E-state index < -0.39 is 40.5 Å². The number of benzene rings is 3. The first-order valence-electron chi connectivity index (χ1n) is 12.3. The van der Waals surface area contributed by atoms with Crippen molar-refractivity contribution in [3.05, 3.63) is 108 Å². The van der Waals surface area contributed by atoms with Gasteiger partial charge in [0.05, 0.1) is 25.6 Å². The second-order valence-electron chi connectivity index (χ2n) is 9.15. The van der Waals surface area contributed by atoms with E-state index in [1.165, 1.54) is 13.4 Å². The SMILES string of the molecule is CO[C@H]1O[C@H](CS(C)(=O)=O)[C@@H](OCc2ccccc2)[C@H](OCc2ccccc2)[C@H]1OCc1ccccc1. The van der Waals surface area contributed by atoms with Gasteiger partial charge in [-0.1, -0.05) is 91.0 Å². The maximum atomic E-state index is 12.3. The second kappa shape index (κ2) is 13.3. The highest BCUT2D eigenvalue weighted by Crippen LogP contribution is 2.31. The predicted molar refractivity (Wildman–Crippen MR) is 140 cm³/mol. The van der Waals surface area contributed by atoms with Gasteiger partial charge in [-0.3, -0.25) is 0 Å². The van der Waals surface area contributed by atoms with Crippen molar-refractivity contribution in [2.24, 2.45) is 0 Å². The van der Waals surface area contributed by atoms with E-state index in [1.54, 1.807) is 0 Å². The van der Waals surface area contributed by atoms with Crippen LogP contribution in [-0.2, 0) is 53.3 Å². The summed E-state index contributed by atoms with van der Waals surface area (Å²) in [5.41, 5.74) is 2.92.